The Balaban J connectivity index is 1.70. The lowest BCUT2D eigenvalue weighted by Crippen LogP contribution is -2.46. The van der Waals surface area contributed by atoms with E-state index in [0.717, 1.165) is 62.7 Å². The molecule has 3 rings (SSSR count). The number of ether oxygens (including phenoxy) is 1. The lowest BCUT2D eigenvalue weighted by Gasteiger charge is -2.36. The molecule has 1 fully saturated rings. The average molecular weight is 416 g/mol. The van der Waals surface area contributed by atoms with Crippen molar-refractivity contribution in [2.75, 3.05) is 49.5 Å². The van der Waals surface area contributed by atoms with Crippen molar-refractivity contribution in [2.45, 2.75) is 26.7 Å². The minimum absolute atomic E-state index is 0.152. The highest BCUT2D eigenvalue weighted by Crippen LogP contribution is 2.35. The maximum absolute atomic E-state index is 12.8. The van der Waals surface area contributed by atoms with E-state index in [0.29, 0.717) is 17.2 Å². The molecular formula is C23H30ClN3O2. The van der Waals surface area contributed by atoms with Gasteiger partial charge in [0.2, 0.25) is 0 Å². The number of unbranched alkanes of at least 4 members (excludes halogenated alkanes) is 1. The minimum atomic E-state index is -0.152. The van der Waals surface area contributed by atoms with Crippen molar-refractivity contribution in [2.24, 2.45) is 0 Å². The molecule has 0 aromatic heterocycles. The van der Waals surface area contributed by atoms with Crippen molar-refractivity contribution in [3.63, 3.8) is 0 Å². The van der Waals surface area contributed by atoms with Gasteiger partial charge in [-0.1, -0.05) is 37.9 Å². The van der Waals surface area contributed by atoms with Gasteiger partial charge in [-0.25, -0.2) is 0 Å². The molecule has 1 amide bonds. The van der Waals surface area contributed by atoms with E-state index in [1.54, 1.807) is 12.1 Å². The number of carbonyl (C=O) groups is 1. The normalized spacial score (nSPS) is 14.7. The van der Waals surface area contributed by atoms with E-state index < -0.39 is 0 Å². The number of hydrogen-bond donors (Lipinski definition) is 1. The number of anilines is 2. The van der Waals surface area contributed by atoms with Crippen LogP contribution in [0.1, 0.15) is 37.0 Å². The number of likely N-dealkylation sites (N-methyl/N-ethyl adjacent to an activating group) is 1. The van der Waals surface area contributed by atoms with Crippen molar-refractivity contribution in [1.29, 1.82) is 0 Å². The zero-order valence-electron chi connectivity index (χ0n) is 17.3. The summed E-state index contributed by atoms with van der Waals surface area (Å²) in [5, 5.41) is 3.70. The van der Waals surface area contributed by atoms with Gasteiger partial charge in [-0.2, -0.15) is 0 Å². The van der Waals surface area contributed by atoms with Crippen LogP contribution in [0.3, 0.4) is 0 Å². The van der Waals surface area contributed by atoms with Gasteiger partial charge in [0.05, 0.1) is 23.0 Å². The van der Waals surface area contributed by atoms with Crippen LogP contribution in [-0.2, 0) is 0 Å². The number of nitrogens with zero attached hydrogens (tertiary/aromatic N) is 2. The molecule has 0 unspecified atom stereocenters. The molecule has 0 radical (unpaired) electrons. The van der Waals surface area contributed by atoms with Gasteiger partial charge in [0, 0.05) is 31.7 Å². The molecule has 0 bridgehead atoms. The summed E-state index contributed by atoms with van der Waals surface area (Å²) in [6.45, 7) is 9.83. The van der Waals surface area contributed by atoms with Gasteiger partial charge in [0.15, 0.2) is 0 Å². The Kier molecular flexibility index (Phi) is 7.78. The Morgan fingerprint density at radius 3 is 2.45 bits per heavy atom. The summed E-state index contributed by atoms with van der Waals surface area (Å²) in [6.07, 6.45) is 2.11. The summed E-state index contributed by atoms with van der Waals surface area (Å²) in [6, 6.07) is 12.9. The Hall–Kier alpha value is -2.24. The summed E-state index contributed by atoms with van der Waals surface area (Å²) in [7, 11) is 0. The second kappa shape index (κ2) is 10.5. The lowest BCUT2D eigenvalue weighted by atomic mass is 10.1. The van der Waals surface area contributed by atoms with Gasteiger partial charge in [-0.15, -0.1) is 0 Å². The Bertz CT molecular complexity index is 802. The third-order valence-electron chi connectivity index (χ3n) is 5.25. The van der Waals surface area contributed by atoms with Gasteiger partial charge in [-0.3, -0.25) is 4.79 Å². The number of halogens is 1. The molecule has 1 aliphatic heterocycles. The van der Waals surface area contributed by atoms with E-state index in [1.165, 1.54) is 0 Å². The number of piperazine rings is 1. The zero-order chi connectivity index (χ0) is 20.6. The van der Waals surface area contributed by atoms with Gasteiger partial charge < -0.3 is 19.9 Å². The van der Waals surface area contributed by atoms with E-state index in [2.05, 4.69) is 29.0 Å². The minimum Gasteiger partial charge on any atom is -0.494 e. The number of benzene rings is 2. The standard InChI is InChI=1S/C23H30ClN3O2/c1-3-5-17-29-19-11-9-18(10-12-19)23(28)25-21-8-6-7-20(24)22(21)27-15-13-26(4-2)14-16-27/h6-12H,3-5,13-17H2,1-2H3,(H,25,28). The van der Waals surface area contributed by atoms with Crippen LogP contribution >= 0.6 is 11.6 Å². The van der Waals surface area contributed by atoms with Crippen LogP contribution in [-0.4, -0.2) is 50.1 Å². The molecule has 156 valence electrons. The number of rotatable bonds is 8. The monoisotopic (exact) mass is 415 g/mol. The van der Waals surface area contributed by atoms with Crippen LogP contribution in [0.2, 0.25) is 5.02 Å². The molecule has 6 heteroatoms. The smallest absolute Gasteiger partial charge is 0.255 e. The van der Waals surface area contributed by atoms with Crippen LogP contribution in [0.25, 0.3) is 0 Å². The predicted molar refractivity (Wildman–Crippen MR) is 121 cm³/mol. The van der Waals surface area contributed by atoms with Crippen LogP contribution in [0.5, 0.6) is 5.75 Å². The van der Waals surface area contributed by atoms with Crippen LogP contribution in [0.15, 0.2) is 42.5 Å². The van der Waals surface area contributed by atoms with Crippen LogP contribution in [0.4, 0.5) is 11.4 Å². The summed E-state index contributed by atoms with van der Waals surface area (Å²) >= 11 is 6.52. The molecule has 0 aliphatic carbocycles. The largest absolute Gasteiger partial charge is 0.494 e. The van der Waals surface area contributed by atoms with E-state index in [4.69, 9.17) is 16.3 Å². The van der Waals surface area contributed by atoms with Crippen molar-refractivity contribution in [3.05, 3.63) is 53.1 Å². The molecule has 5 nitrogen and oxygen atoms in total. The molecule has 2 aromatic rings. The highest BCUT2D eigenvalue weighted by atomic mass is 35.5. The Labute approximate surface area is 178 Å². The quantitative estimate of drug-likeness (QED) is 0.622. The number of para-hydroxylation sites is 1. The first-order chi connectivity index (χ1) is 14.1. The molecule has 0 atom stereocenters. The van der Waals surface area contributed by atoms with Gasteiger partial charge in [-0.05, 0) is 49.4 Å². The topological polar surface area (TPSA) is 44.8 Å². The van der Waals surface area contributed by atoms with Crippen molar-refractivity contribution in [3.8, 4) is 5.75 Å². The molecule has 1 N–H and O–H groups in total. The molecule has 2 aromatic carbocycles. The van der Waals surface area contributed by atoms with Crippen molar-refractivity contribution in [1.82, 2.24) is 4.90 Å². The molecule has 0 saturated carbocycles. The summed E-state index contributed by atoms with van der Waals surface area (Å²) in [5.41, 5.74) is 2.24. The number of hydrogen-bond acceptors (Lipinski definition) is 4. The van der Waals surface area contributed by atoms with E-state index in [9.17, 15) is 4.79 Å². The SMILES string of the molecule is CCCCOc1ccc(C(=O)Nc2cccc(Cl)c2N2CCN(CC)CC2)cc1. The third-order valence-corrected chi connectivity index (χ3v) is 5.56. The summed E-state index contributed by atoms with van der Waals surface area (Å²) in [4.78, 5) is 17.5. The molecule has 1 aliphatic rings. The predicted octanol–water partition coefficient (Wildman–Crippen LogP) is 4.91. The summed E-state index contributed by atoms with van der Waals surface area (Å²) < 4.78 is 5.67. The summed E-state index contributed by atoms with van der Waals surface area (Å²) in [5.74, 6) is 0.632. The Morgan fingerprint density at radius 1 is 1.07 bits per heavy atom. The van der Waals surface area contributed by atoms with Crippen molar-refractivity contribution < 1.29 is 9.53 Å². The highest BCUT2D eigenvalue weighted by Gasteiger charge is 2.21. The highest BCUT2D eigenvalue weighted by molar-refractivity contribution is 6.34. The van der Waals surface area contributed by atoms with Crippen LogP contribution in [0, 0.1) is 0 Å². The first-order valence-electron chi connectivity index (χ1n) is 10.4. The Morgan fingerprint density at radius 2 is 1.79 bits per heavy atom. The fourth-order valence-electron chi connectivity index (χ4n) is 3.46. The average Bonchev–Trinajstić information content (AvgIpc) is 2.75. The van der Waals surface area contributed by atoms with Crippen LogP contribution < -0.4 is 15.0 Å². The number of nitrogens with one attached hydrogen (secondary N) is 1. The van der Waals surface area contributed by atoms with Gasteiger partial charge in [0.25, 0.3) is 5.91 Å². The van der Waals surface area contributed by atoms with E-state index in [-0.39, 0.29) is 5.91 Å². The third kappa shape index (κ3) is 5.64. The maximum Gasteiger partial charge on any atom is 0.255 e. The second-order valence-electron chi connectivity index (χ2n) is 7.24. The fraction of sp³-hybridized carbons (Fsp3) is 0.435. The van der Waals surface area contributed by atoms with Gasteiger partial charge >= 0.3 is 0 Å². The number of amides is 1. The van der Waals surface area contributed by atoms with E-state index >= 15 is 0 Å². The lowest BCUT2D eigenvalue weighted by molar-refractivity contribution is 0.102. The fourth-order valence-corrected chi connectivity index (χ4v) is 3.75. The molecule has 1 heterocycles. The molecule has 29 heavy (non-hydrogen) atoms. The van der Waals surface area contributed by atoms with Crippen molar-refractivity contribution >= 4 is 28.9 Å². The maximum atomic E-state index is 12.8. The van der Waals surface area contributed by atoms with E-state index in [1.807, 2.05) is 30.3 Å². The van der Waals surface area contributed by atoms with Gasteiger partial charge in [0.1, 0.15) is 5.75 Å². The first kappa shape index (κ1) is 21.5. The number of carbonyl (C=O) groups excluding carboxylic acids is 1. The zero-order valence-corrected chi connectivity index (χ0v) is 18.0. The molecular weight excluding hydrogens is 386 g/mol. The molecule has 1 saturated heterocycles. The first-order valence-corrected chi connectivity index (χ1v) is 10.8. The second-order valence-corrected chi connectivity index (χ2v) is 7.65. The molecule has 0 spiro atoms.